The Morgan fingerprint density at radius 1 is 1.27 bits per heavy atom. The second-order valence-corrected chi connectivity index (χ2v) is 5.92. The van der Waals surface area contributed by atoms with Gasteiger partial charge in [0, 0.05) is 25.2 Å². The van der Waals surface area contributed by atoms with Gasteiger partial charge in [-0.25, -0.2) is 0 Å². The van der Waals surface area contributed by atoms with Crippen LogP contribution >= 0.6 is 0 Å². The van der Waals surface area contributed by atoms with Crippen molar-refractivity contribution in [1.82, 2.24) is 4.90 Å². The van der Waals surface area contributed by atoms with Crippen LogP contribution in [0.1, 0.15) is 23.5 Å². The minimum atomic E-state index is 0.201. The Balaban J connectivity index is 1.52. The molecule has 0 aliphatic carbocycles. The van der Waals surface area contributed by atoms with Crippen molar-refractivity contribution in [1.29, 1.82) is 0 Å². The summed E-state index contributed by atoms with van der Waals surface area (Å²) in [6.07, 6.45) is 1.49. The fraction of sp³-hybridized carbons (Fsp3) is 0.389. The minimum Gasteiger partial charge on any atom is -0.465 e. The van der Waals surface area contributed by atoms with Crippen LogP contribution in [-0.2, 0) is 17.8 Å². The topological polar surface area (TPSA) is 36.7 Å². The first kappa shape index (κ1) is 14.9. The highest BCUT2D eigenvalue weighted by atomic mass is 16.3. The number of hydrogen-bond acceptors (Lipinski definition) is 3. The average molecular weight is 298 g/mol. The fourth-order valence-electron chi connectivity index (χ4n) is 2.93. The summed E-state index contributed by atoms with van der Waals surface area (Å²) in [6, 6.07) is 12.1. The maximum absolute atomic E-state index is 12.4. The second-order valence-electron chi connectivity index (χ2n) is 5.92. The van der Waals surface area contributed by atoms with Crippen LogP contribution in [0, 0.1) is 6.92 Å². The molecule has 0 radical (unpaired) electrons. The minimum absolute atomic E-state index is 0.201. The molecule has 0 fully saturated rings. The quantitative estimate of drug-likeness (QED) is 0.851. The van der Waals surface area contributed by atoms with E-state index in [9.17, 15) is 4.79 Å². The first-order valence-corrected chi connectivity index (χ1v) is 7.75. The molecule has 1 aromatic carbocycles. The molecule has 3 rings (SSSR count). The molecule has 1 aliphatic heterocycles. The lowest BCUT2D eigenvalue weighted by atomic mass is 10.2. The number of aryl methyl sites for hydroxylation is 1. The third kappa shape index (κ3) is 3.22. The lowest BCUT2D eigenvalue weighted by molar-refractivity contribution is -0.118. The number of rotatable bonds is 5. The van der Waals surface area contributed by atoms with E-state index in [-0.39, 0.29) is 5.91 Å². The molecule has 1 amide bonds. The van der Waals surface area contributed by atoms with E-state index in [1.807, 2.05) is 49.2 Å². The Hall–Kier alpha value is -2.07. The third-order valence-electron chi connectivity index (χ3n) is 4.12. The van der Waals surface area contributed by atoms with Gasteiger partial charge in [-0.1, -0.05) is 18.2 Å². The smallest absolute Gasteiger partial charge is 0.228 e. The molecule has 0 saturated carbocycles. The zero-order chi connectivity index (χ0) is 15.5. The molecule has 0 unspecified atom stereocenters. The van der Waals surface area contributed by atoms with Crippen LogP contribution in [0.15, 0.2) is 40.8 Å². The number of anilines is 1. The average Bonchev–Trinajstić information content (AvgIpc) is 3.11. The summed E-state index contributed by atoms with van der Waals surface area (Å²) in [4.78, 5) is 16.5. The van der Waals surface area contributed by atoms with Crippen LogP contribution in [0.5, 0.6) is 0 Å². The molecule has 22 heavy (non-hydrogen) atoms. The largest absolute Gasteiger partial charge is 0.465 e. The van der Waals surface area contributed by atoms with E-state index in [1.165, 1.54) is 5.56 Å². The maximum atomic E-state index is 12.4. The van der Waals surface area contributed by atoms with E-state index in [0.717, 1.165) is 43.3 Å². The van der Waals surface area contributed by atoms with Gasteiger partial charge in [0.15, 0.2) is 0 Å². The Kier molecular flexibility index (Phi) is 4.29. The number of benzene rings is 1. The normalized spacial score (nSPS) is 13.7. The number of furan rings is 1. The van der Waals surface area contributed by atoms with E-state index in [2.05, 4.69) is 11.0 Å². The molecule has 1 aliphatic rings. The number of carbonyl (C=O) groups excluding carboxylic acids is 1. The van der Waals surface area contributed by atoms with Crippen LogP contribution in [0.2, 0.25) is 0 Å². The van der Waals surface area contributed by atoms with Gasteiger partial charge >= 0.3 is 0 Å². The van der Waals surface area contributed by atoms with Crippen LogP contribution < -0.4 is 4.90 Å². The standard InChI is InChI=1S/C18H22N2O2/c1-14-7-8-16(22-14)13-19(2)11-10-18(21)20-12-9-15-5-3-4-6-17(15)20/h3-8H,9-13H2,1-2H3. The Morgan fingerprint density at radius 2 is 2.09 bits per heavy atom. The number of hydrogen-bond donors (Lipinski definition) is 0. The molecule has 0 saturated heterocycles. The summed E-state index contributed by atoms with van der Waals surface area (Å²) in [5.74, 6) is 2.07. The van der Waals surface area contributed by atoms with Crippen molar-refractivity contribution >= 4 is 11.6 Å². The van der Waals surface area contributed by atoms with Crippen molar-refractivity contribution in [3.05, 3.63) is 53.5 Å². The number of amides is 1. The highest BCUT2D eigenvalue weighted by molar-refractivity contribution is 5.95. The number of fused-ring (bicyclic) bond motifs is 1. The summed E-state index contributed by atoms with van der Waals surface area (Å²) in [5, 5.41) is 0. The molecular weight excluding hydrogens is 276 g/mol. The van der Waals surface area contributed by atoms with Crippen molar-refractivity contribution in [3.63, 3.8) is 0 Å². The summed E-state index contributed by atoms with van der Waals surface area (Å²) in [5.41, 5.74) is 2.35. The molecule has 1 aromatic heterocycles. The number of nitrogens with zero attached hydrogens (tertiary/aromatic N) is 2. The van der Waals surface area contributed by atoms with Gasteiger partial charge < -0.3 is 9.32 Å². The second kappa shape index (κ2) is 6.36. The van der Waals surface area contributed by atoms with Crippen LogP contribution in [-0.4, -0.2) is 30.9 Å². The first-order valence-electron chi connectivity index (χ1n) is 7.75. The van der Waals surface area contributed by atoms with Crippen molar-refractivity contribution < 1.29 is 9.21 Å². The molecule has 0 bridgehead atoms. The van der Waals surface area contributed by atoms with Gasteiger partial charge in [0.2, 0.25) is 5.91 Å². The van der Waals surface area contributed by atoms with Crippen molar-refractivity contribution in [2.45, 2.75) is 26.3 Å². The molecule has 4 nitrogen and oxygen atoms in total. The Bertz CT molecular complexity index is 663. The van der Waals surface area contributed by atoms with Crippen molar-refractivity contribution in [3.8, 4) is 0 Å². The van der Waals surface area contributed by atoms with E-state index in [0.29, 0.717) is 6.42 Å². The summed E-state index contributed by atoms with van der Waals surface area (Å²) in [6.45, 7) is 4.21. The molecular formula is C18H22N2O2. The van der Waals surface area contributed by atoms with Gasteiger partial charge in [0.25, 0.3) is 0 Å². The fourth-order valence-corrected chi connectivity index (χ4v) is 2.93. The lowest BCUT2D eigenvalue weighted by Gasteiger charge is -2.20. The molecule has 0 atom stereocenters. The van der Waals surface area contributed by atoms with E-state index in [4.69, 9.17) is 4.42 Å². The molecule has 0 N–H and O–H groups in total. The summed E-state index contributed by atoms with van der Waals surface area (Å²) < 4.78 is 5.57. The third-order valence-corrected chi connectivity index (χ3v) is 4.12. The number of carbonyl (C=O) groups is 1. The Morgan fingerprint density at radius 3 is 2.86 bits per heavy atom. The molecule has 116 valence electrons. The molecule has 4 heteroatoms. The lowest BCUT2D eigenvalue weighted by Crippen LogP contribution is -2.32. The maximum Gasteiger partial charge on any atom is 0.228 e. The van der Waals surface area contributed by atoms with Gasteiger partial charge in [-0.05, 0) is 44.2 Å². The highest BCUT2D eigenvalue weighted by Gasteiger charge is 2.23. The highest BCUT2D eigenvalue weighted by Crippen LogP contribution is 2.27. The van der Waals surface area contributed by atoms with Crippen molar-refractivity contribution in [2.24, 2.45) is 0 Å². The Labute approximate surface area is 131 Å². The van der Waals surface area contributed by atoms with Crippen LogP contribution in [0.25, 0.3) is 0 Å². The zero-order valence-corrected chi connectivity index (χ0v) is 13.2. The zero-order valence-electron chi connectivity index (χ0n) is 13.2. The molecule has 2 heterocycles. The van der Waals surface area contributed by atoms with Gasteiger partial charge in [0.1, 0.15) is 11.5 Å². The van der Waals surface area contributed by atoms with E-state index in [1.54, 1.807) is 0 Å². The van der Waals surface area contributed by atoms with Crippen LogP contribution in [0.4, 0.5) is 5.69 Å². The molecule has 0 spiro atoms. The van der Waals surface area contributed by atoms with Crippen molar-refractivity contribution in [2.75, 3.05) is 25.0 Å². The predicted molar refractivity (Wildman–Crippen MR) is 86.9 cm³/mol. The monoisotopic (exact) mass is 298 g/mol. The van der Waals surface area contributed by atoms with E-state index >= 15 is 0 Å². The SMILES string of the molecule is Cc1ccc(CN(C)CCC(=O)N2CCc3ccccc32)o1. The van der Waals surface area contributed by atoms with Crippen LogP contribution in [0.3, 0.4) is 0 Å². The number of para-hydroxylation sites is 1. The first-order chi connectivity index (χ1) is 10.6. The van der Waals surface area contributed by atoms with Gasteiger partial charge in [-0.2, -0.15) is 0 Å². The predicted octanol–water partition coefficient (Wildman–Crippen LogP) is 3.00. The van der Waals surface area contributed by atoms with Gasteiger partial charge in [-0.15, -0.1) is 0 Å². The summed E-state index contributed by atoms with van der Waals surface area (Å²) >= 11 is 0. The van der Waals surface area contributed by atoms with Gasteiger partial charge in [-0.3, -0.25) is 9.69 Å². The van der Waals surface area contributed by atoms with E-state index < -0.39 is 0 Å². The summed E-state index contributed by atoms with van der Waals surface area (Å²) in [7, 11) is 2.02. The molecule has 2 aromatic rings. The van der Waals surface area contributed by atoms with Gasteiger partial charge in [0.05, 0.1) is 6.54 Å².